The van der Waals surface area contributed by atoms with Gasteiger partial charge in [0.05, 0.1) is 12.7 Å². The van der Waals surface area contributed by atoms with Gasteiger partial charge in [-0.05, 0) is 68.1 Å². The summed E-state index contributed by atoms with van der Waals surface area (Å²) in [7, 11) is 1.51. The minimum Gasteiger partial charge on any atom is -0.496 e. The lowest BCUT2D eigenvalue weighted by Gasteiger charge is -2.32. The van der Waals surface area contributed by atoms with E-state index in [-0.39, 0.29) is 11.7 Å². The van der Waals surface area contributed by atoms with Crippen LogP contribution >= 0.6 is 0 Å². The van der Waals surface area contributed by atoms with Crippen LogP contribution in [0.4, 0.5) is 4.39 Å². The number of rotatable bonds is 7. The lowest BCUT2D eigenvalue weighted by molar-refractivity contribution is 0.0804. The predicted octanol–water partition coefficient (Wildman–Crippen LogP) is 3.71. The molecule has 2 aromatic carbocycles. The molecule has 2 aromatic rings. The van der Waals surface area contributed by atoms with Gasteiger partial charge >= 0.3 is 0 Å². The molecule has 1 fully saturated rings. The number of piperidine rings is 1. The molecule has 6 heteroatoms. The molecular formula is C23H26FN3O2. The van der Waals surface area contributed by atoms with E-state index in [1.807, 2.05) is 18.3 Å². The molecule has 1 aliphatic rings. The molecule has 0 spiro atoms. The first-order valence-electron chi connectivity index (χ1n) is 9.92. The van der Waals surface area contributed by atoms with Crippen LogP contribution in [0.3, 0.4) is 0 Å². The highest BCUT2D eigenvalue weighted by Crippen LogP contribution is 2.22. The summed E-state index contributed by atoms with van der Waals surface area (Å²) in [4.78, 5) is 16.2. The van der Waals surface area contributed by atoms with E-state index >= 15 is 0 Å². The van der Waals surface area contributed by atoms with E-state index in [9.17, 15) is 14.4 Å². The Kier molecular flexibility index (Phi) is 7.20. The summed E-state index contributed by atoms with van der Waals surface area (Å²) in [6.45, 7) is 2.90. The number of carbonyl (C=O) groups excluding carboxylic acids is 1. The maximum atomic E-state index is 13.0. The fraction of sp³-hybridized carbons (Fsp3) is 0.391. The highest BCUT2D eigenvalue weighted by Gasteiger charge is 2.23. The lowest BCUT2D eigenvalue weighted by atomic mass is 9.90. The van der Waals surface area contributed by atoms with Gasteiger partial charge < -0.3 is 9.64 Å². The minimum absolute atomic E-state index is 0.201. The van der Waals surface area contributed by atoms with Gasteiger partial charge in [-0.3, -0.25) is 4.79 Å². The third-order valence-corrected chi connectivity index (χ3v) is 5.49. The molecule has 1 amide bonds. The third kappa shape index (κ3) is 5.55. The summed E-state index contributed by atoms with van der Waals surface area (Å²) < 4.78 is 18.3. The van der Waals surface area contributed by atoms with Crippen molar-refractivity contribution in [3.63, 3.8) is 0 Å². The van der Waals surface area contributed by atoms with Crippen molar-refractivity contribution in [2.24, 2.45) is 5.92 Å². The van der Waals surface area contributed by atoms with E-state index in [4.69, 9.17) is 4.74 Å². The minimum atomic E-state index is -0.337. The van der Waals surface area contributed by atoms with E-state index in [2.05, 4.69) is 4.90 Å². The Labute approximate surface area is 171 Å². The fourth-order valence-corrected chi connectivity index (χ4v) is 3.77. The van der Waals surface area contributed by atoms with Crippen molar-refractivity contribution in [3.05, 3.63) is 65.5 Å². The number of likely N-dealkylation sites (tertiary alicyclic amines) is 1. The van der Waals surface area contributed by atoms with Gasteiger partial charge in [0, 0.05) is 13.1 Å². The molecule has 0 aliphatic carbocycles. The standard InChI is InChI=1S/C23H26FN3O2/c1-29-22-5-3-2-4-21(22)23(28)27(17-25)15-14-26-12-10-19(11-13-26)16-18-6-8-20(24)9-7-18/h2-9,19H,10-16H2,1H3. The number of halogens is 1. The van der Waals surface area contributed by atoms with Crippen LogP contribution < -0.4 is 4.74 Å². The monoisotopic (exact) mass is 395 g/mol. The SMILES string of the molecule is COc1ccccc1C(=O)N(C#N)CCN1CCC(Cc2ccc(F)cc2)CC1. The second-order valence-corrected chi connectivity index (χ2v) is 7.37. The quantitative estimate of drug-likeness (QED) is 0.530. The molecule has 0 saturated carbocycles. The zero-order chi connectivity index (χ0) is 20.6. The van der Waals surface area contributed by atoms with Crippen LogP contribution in [-0.4, -0.2) is 49.0 Å². The first-order chi connectivity index (χ1) is 14.1. The van der Waals surface area contributed by atoms with Gasteiger partial charge in [-0.2, -0.15) is 5.26 Å². The van der Waals surface area contributed by atoms with Crippen molar-refractivity contribution in [2.75, 3.05) is 33.3 Å². The summed E-state index contributed by atoms with van der Waals surface area (Å²) in [5, 5.41) is 9.45. The second kappa shape index (κ2) is 10.0. The van der Waals surface area contributed by atoms with Gasteiger partial charge in [0.2, 0.25) is 0 Å². The molecule has 29 heavy (non-hydrogen) atoms. The highest BCUT2D eigenvalue weighted by atomic mass is 19.1. The number of carbonyl (C=O) groups is 1. The topological polar surface area (TPSA) is 56.6 Å². The molecule has 0 radical (unpaired) electrons. The average Bonchev–Trinajstić information content (AvgIpc) is 2.76. The number of methoxy groups -OCH3 is 1. The molecule has 1 heterocycles. The van der Waals surface area contributed by atoms with Gasteiger partial charge in [0.15, 0.2) is 6.19 Å². The summed E-state index contributed by atoms with van der Waals surface area (Å²) in [5.41, 5.74) is 1.57. The summed E-state index contributed by atoms with van der Waals surface area (Å²) in [6.07, 6.45) is 5.09. The highest BCUT2D eigenvalue weighted by molar-refractivity contribution is 5.97. The van der Waals surface area contributed by atoms with Gasteiger partial charge in [-0.1, -0.05) is 24.3 Å². The molecular weight excluding hydrogens is 369 g/mol. The smallest absolute Gasteiger partial charge is 0.270 e. The number of para-hydroxylation sites is 1. The Bertz CT molecular complexity index is 855. The van der Waals surface area contributed by atoms with Crippen molar-refractivity contribution < 1.29 is 13.9 Å². The van der Waals surface area contributed by atoms with Gasteiger partial charge in [0.25, 0.3) is 5.91 Å². The van der Waals surface area contributed by atoms with E-state index < -0.39 is 0 Å². The first-order valence-corrected chi connectivity index (χ1v) is 9.92. The number of hydrogen-bond donors (Lipinski definition) is 0. The van der Waals surface area contributed by atoms with Crippen molar-refractivity contribution in [1.29, 1.82) is 5.26 Å². The predicted molar refractivity (Wildman–Crippen MR) is 109 cm³/mol. The Morgan fingerprint density at radius 1 is 1.21 bits per heavy atom. The third-order valence-electron chi connectivity index (χ3n) is 5.49. The van der Waals surface area contributed by atoms with Crippen molar-refractivity contribution >= 4 is 5.91 Å². The molecule has 152 valence electrons. The molecule has 1 saturated heterocycles. The number of nitriles is 1. The van der Waals surface area contributed by atoms with Crippen LogP contribution in [0.1, 0.15) is 28.8 Å². The molecule has 0 N–H and O–H groups in total. The van der Waals surface area contributed by atoms with Crippen LogP contribution in [-0.2, 0) is 6.42 Å². The number of nitrogens with zero attached hydrogens (tertiary/aromatic N) is 3. The Morgan fingerprint density at radius 2 is 1.90 bits per heavy atom. The molecule has 0 unspecified atom stereocenters. The van der Waals surface area contributed by atoms with Crippen LogP contribution in [0.2, 0.25) is 0 Å². The fourth-order valence-electron chi connectivity index (χ4n) is 3.77. The van der Waals surface area contributed by atoms with Crippen LogP contribution in [0.15, 0.2) is 48.5 Å². The Hall–Kier alpha value is -2.91. The molecule has 3 rings (SSSR count). The van der Waals surface area contributed by atoms with Crippen LogP contribution in [0.5, 0.6) is 5.75 Å². The van der Waals surface area contributed by atoms with E-state index in [0.717, 1.165) is 32.4 Å². The lowest BCUT2D eigenvalue weighted by Crippen LogP contribution is -2.40. The number of amides is 1. The zero-order valence-corrected chi connectivity index (χ0v) is 16.7. The van der Waals surface area contributed by atoms with Gasteiger partial charge in [-0.25, -0.2) is 9.29 Å². The number of benzene rings is 2. The second-order valence-electron chi connectivity index (χ2n) is 7.37. The Morgan fingerprint density at radius 3 is 2.55 bits per heavy atom. The molecule has 0 bridgehead atoms. The van der Waals surface area contributed by atoms with Crippen molar-refractivity contribution in [2.45, 2.75) is 19.3 Å². The van der Waals surface area contributed by atoms with Crippen LogP contribution in [0.25, 0.3) is 0 Å². The van der Waals surface area contributed by atoms with Gasteiger partial charge in [0.1, 0.15) is 11.6 Å². The number of hydrogen-bond acceptors (Lipinski definition) is 4. The summed E-state index contributed by atoms with van der Waals surface area (Å²) >= 11 is 0. The van der Waals surface area contributed by atoms with E-state index in [0.29, 0.717) is 30.3 Å². The molecule has 0 aromatic heterocycles. The summed E-state index contributed by atoms with van der Waals surface area (Å²) in [5.74, 6) is 0.516. The van der Waals surface area contributed by atoms with E-state index in [1.54, 1.807) is 24.3 Å². The van der Waals surface area contributed by atoms with Crippen molar-refractivity contribution in [3.8, 4) is 11.9 Å². The largest absolute Gasteiger partial charge is 0.496 e. The normalized spacial score (nSPS) is 14.9. The summed E-state index contributed by atoms with van der Waals surface area (Å²) in [6, 6.07) is 13.7. The molecule has 5 nitrogen and oxygen atoms in total. The molecule has 1 aliphatic heterocycles. The number of ether oxygens (including phenoxy) is 1. The van der Waals surface area contributed by atoms with Crippen LogP contribution in [0, 0.1) is 23.2 Å². The van der Waals surface area contributed by atoms with E-state index in [1.165, 1.54) is 29.7 Å². The van der Waals surface area contributed by atoms with Gasteiger partial charge in [-0.15, -0.1) is 0 Å². The van der Waals surface area contributed by atoms with Crippen molar-refractivity contribution in [1.82, 2.24) is 9.80 Å². The average molecular weight is 395 g/mol. The zero-order valence-electron chi connectivity index (χ0n) is 16.7. The first kappa shape index (κ1) is 20.8. The maximum Gasteiger partial charge on any atom is 0.270 e. The molecule has 0 atom stereocenters. The Balaban J connectivity index is 1.48. The maximum absolute atomic E-state index is 13.0.